The Kier molecular flexibility index (Phi) is 5.31. The average Bonchev–Trinajstić information content (AvgIpc) is 3.05. The van der Waals surface area contributed by atoms with Gasteiger partial charge in [-0.2, -0.15) is 0 Å². The van der Waals surface area contributed by atoms with E-state index in [1.807, 2.05) is 17.5 Å². The van der Waals surface area contributed by atoms with Crippen molar-refractivity contribution < 1.29 is 9.53 Å². The fourth-order valence-electron chi connectivity index (χ4n) is 3.03. The predicted molar refractivity (Wildman–Crippen MR) is 93.1 cm³/mol. The predicted octanol–water partition coefficient (Wildman–Crippen LogP) is 3.15. The number of hydrogen-bond acceptors (Lipinski definition) is 4. The summed E-state index contributed by atoms with van der Waals surface area (Å²) in [6.45, 7) is 2.92. The molecule has 4 nitrogen and oxygen atoms in total. The summed E-state index contributed by atoms with van der Waals surface area (Å²) in [6.07, 6.45) is 2.14. The lowest BCUT2D eigenvalue weighted by molar-refractivity contribution is 0.0902. The van der Waals surface area contributed by atoms with Gasteiger partial charge >= 0.3 is 0 Å². The van der Waals surface area contributed by atoms with Crippen LogP contribution in [-0.4, -0.2) is 37.0 Å². The van der Waals surface area contributed by atoms with Gasteiger partial charge in [-0.3, -0.25) is 9.69 Å². The summed E-state index contributed by atoms with van der Waals surface area (Å²) >= 11 is 1.42. The molecule has 3 rings (SSSR count). The second kappa shape index (κ2) is 7.62. The molecular weight excluding hydrogens is 308 g/mol. The number of carbonyl (C=O) groups excluding carboxylic acids is 1. The SMILES string of the molecule is COc1ccsc1C(=O)NC1CCCN(Cc2ccccc2)C1. The van der Waals surface area contributed by atoms with Crippen LogP contribution in [0.15, 0.2) is 41.8 Å². The third kappa shape index (κ3) is 4.12. The fourth-order valence-corrected chi connectivity index (χ4v) is 3.79. The van der Waals surface area contributed by atoms with Crippen LogP contribution in [0, 0.1) is 0 Å². The van der Waals surface area contributed by atoms with Crippen LogP contribution in [0.2, 0.25) is 0 Å². The first-order valence-corrected chi connectivity index (χ1v) is 8.83. The van der Waals surface area contributed by atoms with Crippen molar-refractivity contribution in [2.75, 3.05) is 20.2 Å². The van der Waals surface area contributed by atoms with E-state index in [4.69, 9.17) is 4.74 Å². The second-order valence-corrected chi connectivity index (χ2v) is 6.77. The first kappa shape index (κ1) is 16.0. The monoisotopic (exact) mass is 330 g/mol. The van der Waals surface area contributed by atoms with Crippen molar-refractivity contribution in [3.8, 4) is 5.75 Å². The van der Waals surface area contributed by atoms with Crippen molar-refractivity contribution in [3.05, 3.63) is 52.2 Å². The summed E-state index contributed by atoms with van der Waals surface area (Å²) in [4.78, 5) is 15.5. The quantitative estimate of drug-likeness (QED) is 0.916. The van der Waals surface area contributed by atoms with Gasteiger partial charge in [-0.1, -0.05) is 30.3 Å². The smallest absolute Gasteiger partial charge is 0.265 e. The lowest BCUT2D eigenvalue weighted by atomic mass is 10.0. The molecule has 5 heteroatoms. The largest absolute Gasteiger partial charge is 0.495 e. The Morgan fingerprint density at radius 2 is 2.17 bits per heavy atom. The number of nitrogens with zero attached hydrogens (tertiary/aromatic N) is 1. The van der Waals surface area contributed by atoms with E-state index < -0.39 is 0 Å². The zero-order valence-corrected chi connectivity index (χ0v) is 14.1. The van der Waals surface area contributed by atoms with Crippen LogP contribution in [0.3, 0.4) is 0 Å². The van der Waals surface area contributed by atoms with E-state index >= 15 is 0 Å². The molecule has 2 heterocycles. The summed E-state index contributed by atoms with van der Waals surface area (Å²) < 4.78 is 5.23. The molecule has 0 aliphatic carbocycles. The highest BCUT2D eigenvalue weighted by Crippen LogP contribution is 2.24. The lowest BCUT2D eigenvalue weighted by Crippen LogP contribution is -2.47. The van der Waals surface area contributed by atoms with E-state index in [0.717, 1.165) is 32.5 Å². The van der Waals surface area contributed by atoms with Crippen LogP contribution >= 0.6 is 11.3 Å². The third-order valence-corrected chi connectivity index (χ3v) is 5.04. The zero-order chi connectivity index (χ0) is 16.1. The van der Waals surface area contributed by atoms with Crippen molar-refractivity contribution in [3.63, 3.8) is 0 Å². The molecule has 1 saturated heterocycles. The number of piperidine rings is 1. The molecule has 23 heavy (non-hydrogen) atoms. The van der Waals surface area contributed by atoms with Gasteiger partial charge in [0.2, 0.25) is 0 Å². The molecule has 1 aromatic carbocycles. The molecular formula is C18H22N2O2S. The Labute approximate surface area is 141 Å². The molecule has 1 unspecified atom stereocenters. The molecule has 2 aromatic rings. The third-order valence-electron chi connectivity index (χ3n) is 4.14. The van der Waals surface area contributed by atoms with E-state index in [0.29, 0.717) is 10.6 Å². The Bertz CT molecular complexity index is 641. The molecule has 1 amide bonds. The minimum absolute atomic E-state index is 0.0246. The maximum atomic E-state index is 12.4. The molecule has 1 aliphatic rings. The van der Waals surface area contributed by atoms with Crippen LogP contribution < -0.4 is 10.1 Å². The van der Waals surface area contributed by atoms with Crippen LogP contribution in [0.25, 0.3) is 0 Å². The summed E-state index contributed by atoms with van der Waals surface area (Å²) in [6, 6.07) is 12.5. The second-order valence-electron chi connectivity index (χ2n) is 5.85. The van der Waals surface area contributed by atoms with Crippen molar-refractivity contribution in [1.29, 1.82) is 0 Å². The van der Waals surface area contributed by atoms with Gasteiger partial charge in [-0.15, -0.1) is 11.3 Å². The number of likely N-dealkylation sites (tertiary alicyclic amines) is 1. The molecule has 0 saturated carbocycles. The summed E-state index contributed by atoms with van der Waals surface area (Å²) in [5, 5.41) is 5.05. The summed E-state index contributed by atoms with van der Waals surface area (Å²) in [5.74, 6) is 0.632. The van der Waals surface area contributed by atoms with Crippen molar-refractivity contribution >= 4 is 17.2 Å². The van der Waals surface area contributed by atoms with E-state index in [-0.39, 0.29) is 11.9 Å². The first-order chi connectivity index (χ1) is 11.3. The molecule has 1 fully saturated rings. The molecule has 1 N–H and O–H groups in total. The molecule has 1 aromatic heterocycles. The number of thiophene rings is 1. The van der Waals surface area contributed by atoms with Crippen molar-refractivity contribution in [2.45, 2.75) is 25.4 Å². The Morgan fingerprint density at radius 3 is 2.96 bits per heavy atom. The van der Waals surface area contributed by atoms with Gasteiger partial charge in [0, 0.05) is 19.1 Å². The van der Waals surface area contributed by atoms with Crippen LogP contribution in [0.5, 0.6) is 5.75 Å². The molecule has 1 aliphatic heterocycles. The van der Waals surface area contributed by atoms with Gasteiger partial charge < -0.3 is 10.1 Å². The normalized spacial score (nSPS) is 18.6. The van der Waals surface area contributed by atoms with Crippen LogP contribution in [0.4, 0.5) is 0 Å². The minimum Gasteiger partial charge on any atom is -0.495 e. The van der Waals surface area contributed by atoms with E-state index in [1.54, 1.807) is 7.11 Å². The first-order valence-electron chi connectivity index (χ1n) is 7.95. The van der Waals surface area contributed by atoms with Gasteiger partial charge in [-0.05, 0) is 36.4 Å². The Hall–Kier alpha value is -1.85. The number of ether oxygens (including phenoxy) is 1. The number of methoxy groups -OCH3 is 1. The zero-order valence-electron chi connectivity index (χ0n) is 13.3. The standard InChI is InChI=1S/C18H22N2O2S/c1-22-16-9-11-23-17(16)18(21)19-15-8-5-10-20(13-15)12-14-6-3-2-4-7-14/h2-4,6-7,9,11,15H,5,8,10,12-13H2,1H3,(H,19,21). The highest BCUT2D eigenvalue weighted by molar-refractivity contribution is 7.12. The summed E-state index contributed by atoms with van der Waals surface area (Å²) in [5.41, 5.74) is 1.32. The number of nitrogens with one attached hydrogen (secondary N) is 1. The maximum Gasteiger partial charge on any atom is 0.265 e. The molecule has 0 bridgehead atoms. The average molecular weight is 330 g/mol. The van der Waals surface area contributed by atoms with Crippen molar-refractivity contribution in [1.82, 2.24) is 10.2 Å². The number of carbonyl (C=O) groups is 1. The van der Waals surface area contributed by atoms with E-state index in [1.165, 1.54) is 16.9 Å². The maximum absolute atomic E-state index is 12.4. The minimum atomic E-state index is -0.0246. The number of hydrogen-bond donors (Lipinski definition) is 1. The number of amides is 1. The molecule has 1 atom stereocenters. The van der Waals surface area contributed by atoms with E-state index in [9.17, 15) is 4.79 Å². The molecule has 0 spiro atoms. The van der Waals surface area contributed by atoms with Crippen LogP contribution in [0.1, 0.15) is 28.1 Å². The molecule has 0 radical (unpaired) electrons. The highest BCUT2D eigenvalue weighted by atomic mass is 32.1. The Morgan fingerprint density at radius 1 is 1.35 bits per heavy atom. The van der Waals surface area contributed by atoms with Crippen molar-refractivity contribution in [2.24, 2.45) is 0 Å². The number of benzene rings is 1. The van der Waals surface area contributed by atoms with Gasteiger partial charge in [0.25, 0.3) is 5.91 Å². The van der Waals surface area contributed by atoms with Crippen LogP contribution in [-0.2, 0) is 6.54 Å². The van der Waals surface area contributed by atoms with Gasteiger partial charge in [-0.25, -0.2) is 0 Å². The lowest BCUT2D eigenvalue weighted by Gasteiger charge is -2.33. The fraction of sp³-hybridized carbons (Fsp3) is 0.389. The van der Waals surface area contributed by atoms with Gasteiger partial charge in [0.05, 0.1) is 7.11 Å². The topological polar surface area (TPSA) is 41.6 Å². The highest BCUT2D eigenvalue weighted by Gasteiger charge is 2.23. The summed E-state index contributed by atoms with van der Waals surface area (Å²) in [7, 11) is 1.60. The number of rotatable bonds is 5. The Balaban J connectivity index is 1.57. The van der Waals surface area contributed by atoms with E-state index in [2.05, 4.69) is 34.5 Å². The van der Waals surface area contributed by atoms with Gasteiger partial charge in [0.15, 0.2) is 0 Å². The molecule has 122 valence electrons. The van der Waals surface area contributed by atoms with Gasteiger partial charge in [0.1, 0.15) is 10.6 Å².